The molecule has 0 spiro atoms. The lowest BCUT2D eigenvalue weighted by molar-refractivity contribution is -0.120. The monoisotopic (exact) mass is 312 g/mol. The van der Waals surface area contributed by atoms with Gasteiger partial charge in [0.05, 0.1) is 11.0 Å². The summed E-state index contributed by atoms with van der Waals surface area (Å²) in [6.45, 7) is 4.13. The molecule has 5 nitrogen and oxygen atoms in total. The van der Waals surface area contributed by atoms with Gasteiger partial charge in [0.25, 0.3) is 0 Å². The highest BCUT2D eigenvalue weighted by molar-refractivity contribution is 7.92. The van der Waals surface area contributed by atoms with Crippen LogP contribution in [0.4, 0.5) is 0 Å². The maximum atomic E-state index is 11.9. The Labute approximate surface area is 122 Å². The van der Waals surface area contributed by atoms with E-state index in [1.165, 1.54) is 0 Å². The third-order valence-electron chi connectivity index (χ3n) is 3.30. The fraction of sp³-hybridized carbons (Fsp3) is 0.917. The van der Waals surface area contributed by atoms with Crippen LogP contribution in [0.15, 0.2) is 0 Å². The number of hydrogen-bond acceptors (Lipinski definition) is 4. The van der Waals surface area contributed by atoms with Crippen LogP contribution in [-0.4, -0.2) is 45.0 Å². The molecule has 114 valence electrons. The fourth-order valence-electron chi connectivity index (χ4n) is 2.20. The molecule has 0 aromatic carbocycles. The number of likely N-dealkylation sites (N-methyl/N-ethyl adjacent to an activating group) is 1. The Morgan fingerprint density at radius 3 is 2.42 bits per heavy atom. The summed E-state index contributed by atoms with van der Waals surface area (Å²) in [5, 5.41) is 5.60. The average Bonchev–Trinajstić information content (AvgIpc) is 2.87. The molecule has 0 aromatic rings. The maximum Gasteiger partial charge on any atom is 0.221 e. The summed E-state index contributed by atoms with van der Waals surface area (Å²) in [4.78, 5) is 11.5. The van der Waals surface area contributed by atoms with Gasteiger partial charge in [-0.2, -0.15) is 0 Å². The van der Waals surface area contributed by atoms with Crippen molar-refractivity contribution in [3.63, 3.8) is 0 Å². The number of amides is 1. The van der Waals surface area contributed by atoms with Crippen LogP contribution in [0, 0.1) is 0 Å². The zero-order chi connectivity index (χ0) is 13.4. The van der Waals surface area contributed by atoms with Crippen molar-refractivity contribution in [3.05, 3.63) is 0 Å². The average molecular weight is 313 g/mol. The van der Waals surface area contributed by atoms with E-state index >= 15 is 0 Å². The maximum absolute atomic E-state index is 11.9. The lowest BCUT2D eigenvalue weighted by Crippen LogP contribution is -2.33. The van der Waals surface area contributed by atoms with Gasteiger partial charge < -0.3 is 10.6 Å². The highest BCUT2D eigenvalue weighted by atomic mass is 35.5. The molecule has 0 atom stereocenters. The number of nitrogens with one attached hydrogen (secondary N) is 2. The normalized spacial score (nSPS) is 16.1. The number of carbonyl (C=O) groups is 1. The Hall–Kier alpha value is -0.330. The first-order valence-electron chi connectivity index (χ1n) is 6.75. The van der Waals surface area contributed by atoms with E-state index in [1.54, 1.807) is 0 Å². The molecule has 1 aliphatic carbocycles. The number of hydrogen-bond donors (Lipinski definition) is 2. The Kier molecular flexibility index (Phi) is 9.39. The second-order valence-corrected chi connectivity index (χ2v) is 7.13. The summed E-state index contributed by atoms with van der Waals surface area (Å²) in [6.07, 6.45) is 3.62. The van der Waals surface area contributed by atoms with Crippen LogP contribution in [0.5, 0.6) is 0 Å². The van der Waals surface area contributed by atoms with Crippen molar-refractivity contribution in [1.29, 1.82) is 0 Å². The standard InChI is InChI=1S/C12H24N2O3S.ClH/c1-2-13-8-9-14-12(15)7-10-18(16,17)11-5-3-4-6-11;/h11,13H,2-10H2,1H3,(H,14,15);1H. The van der Waals surface area contributed by atoms with Gasteiger partial charge in [-0.25, -0.2) is 8.42 Å². The van der Waals surface area contributed by atoms with Crippen LogP contribution in [0.1, 0.15) is 39.0 Å². The largest absolute Gasteiger partial charge is 0.355 e. The number of halogens is 1. The molecule has 0 aromatic heterocycles. The molecule has 1 aliphatic rings. The van der Waals surface area contributed by atoms with Gasteiger partial charge in [0.1, 0.15) is 0 Å². The van der Waals surface area contributed by atoms with E-state index in [0.29, 0.717) is 6.54 Å². The van der Waals surface area contributed by atoms with Gasteiger partial charge in [-0.15, -0.1) is 12.4 Å². The van der Waals surface area contributed by atoms with Crippen LogP contribution in [0.2, 0.25) is 0 Å². The highest BCUT2D eigenvalue weighted by Gasteiger charge is 2.28. The van der Waals surface area contributed by atoms with Crippen molar-refractivity contribution in [2.45, 2.75) is 44.3 Å². The first kappa shape index (κ1) is 18.7. The molecule has 1 rings (SSSR count). The van der Waals surface area contributed by atoms with Crippen molar-refractivity contribution < 1.29 is 13.2 Å². The van der Waals surface area contributed by atoms with Gasteiger partial charge in [-0.05, 0) is 19.4 Å². The van der Waals surface area contributed by atoms with E-state index in [9.17, 15) is 13.2 Å². The summed E-state index contributed by atoms with van der Waals surface area (Å²) < 4.78 is 23.8. The minimum Gasteiger partial charge on any atom is -0.355 e. The molecule has 0 heterocycles. The molecule has 7 heteroatoms. The molecule has 1 fully saturated rings. The summed E-state index contributed by atoms with van der Waals surface area (Å²) >= 11 is 0. The molecular formula is C12H25ClN2O3S. The van der Waals surface area contributed by atoms with Crippen LogP contribution in [-0.2, 0) is 14.6 Å². The predicted octanol–water partition coefficient (Wildman–Crippen LogP) is 0.881. The molecule has 0 saturated heterocycles. The van der Waals surface area contributed by atoms with Crippen LogP contribution < -0.4 is 10.6 Å². The molecule has 2 N–H and O–H groups in total. The lowest BCUT2D eigenvalue weighted by Gasteiger charge is -2.11. The van der Waals surface area contributed by atoms with E-state index in [0.717, 1.165) is 38.8 Å². The minimum absolute atomic E-state index is 0. The molecule has 0 radical (unpaired) electrons. The topological polar surface area (TPSA) is 75.3 Å². The Bertz CT molecular complexity index is 354. The zero-order valence-corrected chi connectivity index (χ0v) is 13.1. The Morgan fingerprint density at radius 2 is 1.84 bits per heavy atom. The SMILES string of the molecule is CCNCCNC(=O)CCS(=O)(=O)C1CCCC1.Cl. The van der Waals surface area contributed by atoms with Gasteiger partial charge in [0, 0.05) is 19.5 Å². The number of sulfone groups is 1. The van der Waals surface area contributed by atoms with Crippen molar-refractivity contribution in [2.24, 2.45) is 0 Å². The first-order valence-corrected chi connectivity index (χ1v) is 8.47. The van der Waals surface area contributed by atoms with E-state index in [4.69, 9.17) is 0 Å². The van der Waals surface area contributed by atoms with E-state index < -0.39 is 9.84 Å². The van der Waals surface area contributed by atoms with Crippen LogP contribution >= 0.6 is 12.4 Å². The second-order valence-electron chi connectivity index (χ2n) is 4.73. The summed E-state index contributed by atoms with van der Waals surface area (Å²) in [5.41, 5.74) is 0. The van der Waals surface area contributed by atoms with E-state index in [1.807, 2.05) is 6.92 Å². The number of rotatable bonds is 8. The highest BCUT2D eigenvalue weighted by Crippen LogP contribution is 2.25. The van der Waals surface area contributed by atoms with E-state index in [-0.39, 0.29) is 35.7 Å². The summed E-state index contributed by atoms with van der Waals surface area (Å²) in [6, 6.07) is 0. The lowest BCUT2D eigenvalue weighted by atomic mass is 10.4. The smallest absolute Gasteiger partial charge is 0.221 e. The zero-order valence-electron chi connectivity index (χ0n) is 11.5. The van der Waals surface area contributed by atoms with Crippen molar-refractivity contribution >= 4 is 28.2 Å². The molecule has 0 bridgehead atoms. The molecule has 0 unspecified atom stereocenters. The van der Waals surface area contributed by atoms with Gasteiger partial charge in [-0.3, -0.25) is 4.79 Å². The van der Waals surface area contributed by atoms with Gasteiger partial charge in [0.2, 0.25) is 5.91 Å². The quantitative estimate of drug-likeness (QED) is 0.653. The van der Waals surface area contributed by atoms with Gasteiger partial charge in [0.15, 0.2) is 9.84 Å². The van der Waals surface area contributed by atoms with E-state index in [2.05, 4.69) is 10.6 Å². The molecule has 0 aliphatic heterocycles. The van der Waals surface area contributed by atoms with Crippen LogP contribution in [0.3, 0.4) is 0 Å². The van der Waals surface area contributed by atoms with Crippen LogP contribution in [0.25, 0.3) is 0 Å². The molecule has 1 saturated carbocycles. The van der Waals surface area contributed by atoms with Gasteiger partial charge >= 0.3 is 0 Å². The third-order valence-corrected chi connectivity index (χ3v) is 5.56. The fourth-order valence-corrected chi connectivity index (χ4v) is 4.06. The molecular weight excluding hydrogens is 288 g/mol. The minimum atomic E-state index is -3.07. The number of carbonyl (C=O) groups excluding carboxylic acids is 1. The van der Waals surface area contributed by atoms with Gasteiger partial charge in [-0.1, -0.05) is 19.8 Å². The predicted molar refractivity (Wildman–Crippen MR) is 79.5 cm³/mol. The Morgan fingerprint density at radius 1 is 1.21 bits per heavy atom. The Balaban J connectivity index is 0.00000324. The second kappa shape index (κ2) is 9.55. The molecule has 19 heavy (non-hydrogen) atoms. The molecule has 1 amide bonds. The summed E-state index contributed by atoms with van der Waals surface area (Å²) in [5.74, 6) is -0.181. The van der Waals surface area contributed by atoms with Crippen molar-refractivity contribution in [1.82, 2.24) is 10.6 Å². The first-order chi connectivity index (χ1) is 8.56. The summed E-state index contributed by atoms with van der Waals surface area (Å²) in [7, 11) is -3.07. The van der Waals surface area contributed by atoms with Crippen molar-refractivity contribution in [3.8, 4) is 0 Å². The van der Waals surface area contributed by atoms with Crippen molar-refractivity contribution in [2.75, 3.05) is 25.4 Å². The third kappa shape index (κ3) is 7.13.